The van der Waals surface area contributed by atoms with Crippen molar-refractivity contribution in [2.45, 2.75) is 19.4 Å². The summed E-state index contributed by atoms with van der Waals surface area (Å²) in [7, 11) is 0. The fourth-order valence-electron chi connectivity index (χ4n) is 2.14. The van der Waals surface area contributed by atoms with Gasteiger partial charge in [-0.05, 0) is 63.1 Å². The lowest BCUT2D eigenvalue weighted by molar-refractivity contribution is -0.116. The molecule has 0 spiro atoms. The molecule has 0 atom stereocenters. The molecule has 1 aromatic carbocycles. The molecule has 0 fully saturated rings. The molecule has 2 N–H and O–H groups in total. The summed E-state index contributed by atoms with van der Waals surface area (Å²) >= 11 is 5.16. The molecule has 1 amide bonds. The van der Waals surface area contributed by atoms with Gasteiger partial charge in [0.1, 0.15) is 0 Å². The van der Waals surface area contributed by atoms with Crippen LogP contribution in [0.25, 0.3) is 0 Å². The largest absolute Gasteiger partial charge is 0.381 e. The Bertz CT molecular complexity index is 624. The van der Waals surface area contributed by atoms with E-state index in [1.807, 2.05) is 12.1 Å². The standard InChI is InChI=1S/C14H13BrN2OS/c15-13-5-9(8-19-13)7-16-11-2-3-12-10(6-11)1-4-14(18)17-12/h2-3,5-6,8,16H,1,4,7H2,(H,17,18). The highest BCUT2D eigenvalue weighted by molar-refractivity contribution is 9.11. The monoisotopic (exact) mass is 336 g/mol. The predicted octanol–water partition coefficient (Wildman–Crippen LogP) is 4.01. The van der Waals surface area contributed by atoms with E-state index >= 15 is 0 Å². The predicted molar refractivity (Wildman–Crippen MR) is 82.7 cm³/mol. The van der Waals surface area contributed by atoms with Gasteiger partial charge in [-0.25, -0.2) is 0 Å². The number of aryl methyl sites for hydroxylation is 1. The van der Waals surface area contributed by atoms with Crippen LogP contribution in [-0.2, 0) is 17.8 Å². The molecular weight excluding hydrogens is 324 g/mol. The number of benzene rings is 1. The van der Waals surface area contributed by atoms with Gasteiger partial charge in [0.25, 0.3) is 0 Å². The maximum absolute atomic E-state index is 11.3. The number of nitrogens with one attached hydrogen (secondary N) is 2. The molecule has 0 bridgehead atoms. The van der Waals surface area contributed by atoms with Crippen molar-refractivity contribution in [1.82, 2.24) is 0 Å². The van der Waals surface area contributed by atoms with Crippen molar-refractivity contribution in [2.24, 2.45) is 0 Å². The Hall–Kier alpha value is -1.33. The Morgan fingerprint density at radius 2 is 2.21 bits per heavy atom. The SMILES string of the molecule is O=C1CCc2cc(NCc3csc(Br)c3)ccc2N1. The smallest absolute Gasteiger partial charge is 0.224 e. The minimum absolute atomic E-state index is 0.108. The molecule has 0 saturated heterocycles. The van der Waals surface area contributed by atoms with E-state index in [0.29, 0.717) is 6.42 Å². The number of carbonyl (C=O) groups excluding carboxylic acids is 1. The van der Waals surface area contributed by atoms with Crippen LogP contribution >= 0.6 is 27.3 Å². The van der Waals surface area contributed by atoms with Gasteiger partial charge in [0, 0.05) is 24.3 Å². The van der Waals surface area contributed by atoms with Crippen LogP contribution in [0.15, 0.2) is 33.4 Å². The molecule has 1 aliphatic rings. The number of halogens is 1. The van der Waals surface area contributed by atoms with Gasteiger partial charge in [-0.3, -0.25) is 4.79 Å². The van der Waals surface area contributed by atoms with Crippen LogP contribution < -0.4 is 10.6 Å². The minimum atomic E-state index is 0.108. The van der Waals surface area contributed by atoms with Crippen LogP contribution in [0, 0.1) is 0 Å². The van der Waals surface area contributed by atoms with Crippen molar-refractivity contribution < 1.29 is 4.79 Å². The second kappa shape index (κ2) is 5.35. The molecule has 0 aliphatic carbocycles. The third kappa shape index (κ3) is 2.98. The zero-order chi connectivity index (χ0) is 13.2. The number of rotatable bonds is 3. The molecular formula is C14H13BrN2OS. The molecule has 3 rings (SSSR count). The minimum Gasteiger partial charge on any atom is -0.381 e. The van der Waals surface area contributed by atoms with E-state index in [1.165, 1.54) is 11.1 Å². The summed E-state index contributed by atoms with van der Waals surface area (Å²) in [5.41, 5.74) is 4.51. The summed E-state index contributed by atoms with van der Waals surface area (Å²) in [5, 5.41) is 8.44. The molecule has 0 unspecified atom stereocenters. The maximum atomic E-state index is 11.3. The Morgan fingerprint density at radius 3 is 3.00 bits per heavy atom. The van der Waals surface area contributed by atoms with Crippen molar-refractivity contribution in [3.05, 3.63) is 44.6 Å². The average Bonchev–Trinajstić information content (AvgIpc) is 2.82. The number of carbonyl (C=O) groups is 1. The normalized spacial score (nSPS) is 13.8. The van der Waals surface area contributed by atoms with Gasteiger partial charge in [0.15, 0.2) is 0 Å². The third-order valence-corrected chi connectivity index (χ3v) is 4.67. The van der Waals surface area contributed by atoms with Crippen molar-refractivity contribution in [3.8, 4) is 0 Å². The van der Waals surface area contributed by atoms with Crippen molar-refractivity contribution in [1.29, 1.82) is 0 Å². The van der Waals surface area contributed by atoms with Crippen molar-refractivity contribution in [2.75, 3.05) is 10.6 Å². The molecule has 3 nitrogen and oxygen atoms in total. The van der Waals surface area contributed by atoms with E-state index in [2.05, 4.69) is 44.1 Å². The maximum Gasteiger partial charge on any atom is 0.224 e. The molecule has 0 saturated carbocycles. The highest BCUT2D eigenvalue weighted by Crippen LogP contribution is 2.26. The van der Waals surface area contributed by atoms with Crippen LogP contribution in [0.1, 0.15) is 17.5 Å². The zero-order valence-electron chi connectivity index (χ0n) is 10.2. The first-order valence-corrected chi connectivity index (χ1v) is 7.77. The van der Waals surface area contributed by atoms with Crippen LogP contribution in [0.3, 0.4) is 0 Å². The van der Waals surface area contributed by atoms with Gasteiger partial charge in [-0.15, -0.1) is 11.3 Å². The Labute approximate surface area is 124 Å². The summed E-state index contributed by atoms with van der Waals surface area (Å²) in [6.45, 7) is 0.813. The topological polar surface area (TPSA) is 41.1 Å². The fourth-order valence-corrected chi connectivity index (χ4v) is 3.35. The van der Waals surface area contributed by atoms with Gasteiger partial charge >= 0.3 is 0 Å². The molecule has 2 heterocycles. The first kappa shape index (κ1) is 12.7. The quantitative estimate of drug-likeness (QED) is 0.889. The average molecular weight is 337 g/mol. The van der Waals surface area contributed by atoms with Crippen LogP contribution in [0.2, 0.25) is 0 Å². The highest BCUT2D eigenvalue weighted by atomic mass is 79.9. The van der Waals surface area contributed by atoms with Gasteiger partial charge in [-0.2, -0.15) is 0 Å². The zero-order valence-corrected chi connectivity index (χ0v) is 12.6. The van der Waals surface area contributed by atoms with Crippen LogP contribution in [0.4, 0.5) is 11.4 Å². The summed E-state index contributed by atoms with van der Waals surface area (Å²) in [6.07, 6.45) is 1.40. The summed E-state index contributed by atoms with van der Waals surface area (Å²) < 4.78 is 1.15. The number of fused-ring (bicyclic) bond motifs is 1. The number of thiophene rings is 1. The van der Waals surface area contributed by atoms with Gasteiger partial charge in [0.05, 0.1) is 3.79 Å². The van der Waals surface area contributed by atoms with Crippen molar-refractivity contribution in [3.63, 3.8) is 0 Å². The lowest BCUT2D eigenvalue weighted by Crippen LogP contribution is -2.18. The molecule has 1 aromatic heterocycles. The highest BCUT2D eigenvalue weighted by Gasteiger charge is 2.14. The summed E-state index contributed by atoms with van der Waals surface area (Å²) in [5.74, 6) is 0.108. The number of hydrogen-bond acceptors (Lipinski definition) is 3. The molecule has 98 valence electrons. The molecule has 5 heteroatoms. The van der Waals surface area contributed by atoms with E-state index in [-0.39, 0.29) is 5.91 Å². The number of amides is 1. The van der Waals surface area contributed by atoms with E-state index in [9.17, 15) is 4.79 Å². The number of hydrogen-bond donors (Lipinski definition) is 2. The molecule has 2 aromatic rings. The first-order chi connectivity index (χ1) is 9.20. The lowest BCUT2D eigenvalue weighted by atomic mass is 10.0. The second-order valence-corrected chi connectivity index (χ2v) is 6.82. The Balaban J connectivity index is 1.70. The summed E-state index contributed by atoms with van der Waals surface area (Å²) in [6, 6.07) is 8.22. The van der Waals surface area contributed by atoms with Gasteiger partial charge < -0.3 is 10.6 Å². The van der Waals surface area contributed by atoms with E-state index in [0.717, 1.165) is 28.1 Å². The Morgan fingerprint density at radius 1 is 1.32 bits per heavy atom. The van der Waals surface area contributed by atoms with Crippen LogP contribution in [0.5, 0.6) is 0 Å². The molecule has 19 heavy (non-hydrogen) atoms. The van der Waals surface area contributed by atoms with Crippen molar-refractivity contribution >= 4 is 44.5 Å². The van der Waals surface area contributed by atoms with E-state index < -0.39 is 0 Å². The molecule has 1 aliphatic heterocycles. The lowest BCUT2D eigenvalue weighted by Gasteiger charge is -2.18. The number of anilines is 2. The fraction of sp³-hybridized carbons (Fsp3) is 0.214. The Kier molecular flexibility index (Phi) is 3.57. The third-order valence-electron chi connectivity index (χ3n) is 3.12. The van der Waals surface area contributed by atoms with E-state index in [1.54, 1.807) is 11.3 Å². The molecule has 0 radical (unpaired) electrons. The van der Waals surface area contributed by atoms with Gasteiger partial charge in [0.2, 0.25) is 5.91 Å². The van der Waals surface area contributed by atoms with Crippen LogP contribution in [-0.4, -0.2) is 5.91 Å². The van der Waals surface area contributed by atoms with E-state index in [4.69, 9.17) is 0 Å². The first-order valence-electron chi connectivity index (χ1n) is 6.10. The second-order valence-electron chi connectivity index (χ2n) is 4.53. The van der Waals surface area contributed by atoms with Gasteiger partial charge in [-0.1, -0.05) is 0 Å². The summed E-state index contributed by atoms with van der Waals surface area (Å²) in [4.78, 5) is 11.3.